The van der Waals surface area contributed by atoms with Crippen molar-refractivity contribution in [3.05, 3.63) is 42.5 Å². The third kappa shape index (κ3) is 4.08. The number of nitrogens with one attached hydrogen (secondary N) is 1. The molecule has 0 aliphatic heterocycles. The van der Waals surface area contributed by atoms with Crippen molar-refractivity contribution in [3.8, 4) is 0 Å². The number of hydrogen-bond acceptors (Lipinski definition) is 2. The second-order valence-corrected chi connectivity index (χ2v) is 3.15. The van der Waals surface area contributed by atoms with Crippen LogP contribution in [0.2, 0.25) is 0 Å². The van der Waals surface area contributed by atoms with Gasteiger partial charge in [-0.25, -0.2) is 0 Å². The minimum absolute atomic E-state index is 0.0927. The Morgan fingerprint density at radius 2 is 1.93 bits per heavy atom. The summed E-state index contributed by atoms with van der Waals surface area (Å²) in [6, 6.07) is 6.15. The molecular weight excluding hydrogens is 198 g/mol. The van der Waals surface area contributed by atoms with Crippen LogP contribution >= 0.6 is 0 Å². The van der Waals surface area contributed by atoms with E-state index in [1.807, 2.05) is 6.08 Å². The lowest BCUT2D eigenvalue weighted by Gasteiger charge is -2.05. The largest absolute Gasteiger partial charge is 0.312 e. The Kier molecular flexibility index (Phi) is 4.77. The maximum Gasteiger partial charge on any atom is 0.105 e. The van der Waals surface area contributed by atoms with Crippen LogP contribution in [0.5, 0.6) is 0 Å². The van der Waals surface area contributed by atoms with E-state index in [0.29, 0.717) is 6.54 Å². The number of nitrogens with zero attached hydrogens (tertiary/aromatic N) is 1. The Morgan fingerprint density at radius 3 is 2.47 bits per heavy atom. The second kappa shape index (κ2) is 6.14. The van der Waals surface area contributed by atoms with E-state index in [0.717, 1.165) is 18.5 Å². The van der Waals surface area contributed by atoms with Crippen molar-refractivity contribution < 1.29 is 8.96 Å². The number of benzene rings is 1. The van der Waals surface area contributed by atoms with Gasteiger partial charge in [0.15, 0.2) is 0 Å². The third-order valence-corrected chi connectivity index (χ3v) is 1.99. The first-order chi connectivity index (χ1) is 7.24. The van der Waals surface area contributed by atoms with Gasteiger partial charge in [0.25, 0.3) is 0 Å². The average molecular weight is 212 g/mol. The summed E-state index contributed by atoms with van der Waals surface area (Å²) in [5.74, 6) is 0. The zero-order valence-electron chi connectivity index (χ0n) is 8.42. The average Bonchev–Trinajstić information content (AvgIpc) is 2.25. The lowest BCUT2D eigenvalue weighted by atomic mass is 10.2. The highest BCUT2D eigenvalue weighted by molar-refractivity contribution is 5.42. The normalized spacial score (nSPS) is 10.0. The van der Waals surface area contributed by atoms with E-state index in [-0.39, 0.29) is 5.69 Å². The van der Waals surface area contributed by atoms with Crippen molar-refractivity contribution >= 4 is 5.69 Å². The Balaban J connectivity index is 2.39. The Bertz CT molecular complexity index is 296. The molecule has 0 aliphatic rings. The van der Waals surface area contributed by atoms with Crippen molar-refractivity contribution in [2.75, 3.05) is 11.9 Å². The van der Waals surface area contributed by atoms with Crippen molar-refractivity contribution in [1.29, 1.82) is 0 Å². The summed E-state index contributed by atoms with van der Waals surface area (Å²) in [7, 11) is 0. The molecule has 0 saturated carbocycles. The fourth-order valence-electron chi connectivity index (χ4n) is 1.16. The molecule has 0 unspecified atom stereocenters. The fourth-order valence-corrected chi connectivity index (χ4v) is 1.16. The van der Waals surface area contributed by atoms with Gasteiger partial charge in [0.2, 0.25) is 0 Å². The van der Waals surface area contributed by atoms with E-state index in [1.165, 1.54) is 12.1 Å². The molecule has 2 nitrogen and oxygen atoms in total. The van der Waals surface area contributed by atoms with Crippen LogP contribution < -0.4 is 10.7 Å². The van der Waals surface area contributed by atoms with Crippen LogP contribution in [0.1, 0.15) is 12.0 Å². The quantitative estimate of drug-likeness (QED) is 0.443. The van der Waals surface area contributed by atoms with Crippen molar-refractivity contribution in [1.82, 2.24) is 5.32 Å². The summed E-state index contributed by atoms with van der Waals surface area (Å²) in [4.78, 5) is 0. The first-order valence-electron chi connectivity index (χ1n) is 4.76. The number of anilines is 1. The van der Waals surface area contributed by atoms with E-state index in [2.05, 4.69) is 11.9 Å². The predicted octanol–water partition coefficient (Wildman–Crippen LogP) is 2.93. The number of rotatable bonds is 6. The molecule has 0 radical (unpaired) electrons. The summed E-state index contributed by atoms with van der Waals surface area (Å²) in [5, 5.41) is 2.29. The van der Waals surface area contributed by atoms with E-state index in [1.54, 1.807) is 12.1 Å². The Morgan fingerprint density at radius 1 is 1.27 bits per heavy atom. The van der Waals surface area contributed by atoms with Gasteiger partial charge in [0.05, 0.1) is 0 Å². The highest BCUT2D eigenvalue weighted by Gasteiger charge is 2.01. The van der Waals surface area contributed by atoms with Crippen LogP contribution in [0.25, 0.3) is 0 Å². The van der Waals surface area contributed by atoms with Crippen molar-refractivity contribution in [2.45, 2.75) is 13.0 Å². The van der Waals surface area contributed by atoms with Crippen LogP contribution in [0.4, 0.5) is 14.6 Å². The third-order valence-electron chi connectivity index (χ3n) is 1.99. The van der Waals surface area contributed by atoms with Gasteiger partial charge in [-0.2, -0.15) is 0 Å². The molecule has 0 amide bonds. The van der Waals surface area contributed by atoms with Gasteiger partial charge in [-0.15, -0.1) is 6.58 Å². The molecule has 0 spiro atoms. The van der Waals surface area contributed by atoms with E-state index >= 15 is 0 Å². The maximum atomic E-state index is 12.1. The van der Waals surface area contributed by atoms with E-state index in [4.69, 9.17) is 0 Å². The molecule has 1 rings (SSSR count). The molecule has 0 bridgehead atoms. The summed E-state index contributed by atoms with van der Waals surface area (Å²) < 4.78 is 24.1. The van der Waals surface area contributed by atoms with Gasteiger partial charge in [0, 0.05) is 6.54 Å². The molecule has 4 heteroatoms. The lowest BCUT2D eigenvalue weighted by Crippen LogP contribution is -2.13. The monoisotopic (exact) mass is 212 g/mol. The summed E-state index contributed by atoms with van der Waals surface area (Å²) in [5.41, 5.74) is 0.898. The molecule has 1 aromatic carbocycles. The van der Waals surface area contributed by atoms with Gasteiger partial charge < -0.3 is 5.32 Å². The Labute approximate surface area is 88.1 Å². The smallest absolute Gasteiger partial charge is 0.105 e. The molecule has 0 heterocycles. The van der Waals surface area contributed by atoms with Crippen LogP contribution in [0.3, 0.4) is 0 Å². The van der Waals surface area contributed by atoms with Gasteiger partial charge in [-0.1, -0.05) is 27.2 Å². The molecule has 1 N–H and O–H groups in total. The lowest BCUT2D eigenvalue weighted by molar-refractivity contribution is 0.235. The standard InChI is InChI=1S/C11H14F2N2/c1-2-3-8-14-9-10-4-6-11(7-5-10)15(12)13/h2,4-7,14H,1,3,8-9H2. The van der Waals surface area contributed by atoms with Crippen LogP contribution in [-0.2, 0) is 6.54 Å². The Hall–Kier alpha value is -1.42. The SMILES string of the molecule is C=CCCNCc1ccc(N(F)F)cc1. The van der Waals surface area contributed by atoms with Crippen molar-refractivity contribution in [2.24, 2.45) is 0 Å². The first-order valence-corrected chi connectivity index (χ1v) is 4.76. The zero-order valence-corrected chi connectivity index (χ0v) is 8.42. The van der Waals surface area contributed by atoms with E-state index < -0.39 is 5.34 Å². The second-order valence-electron chi connectivity index (χ2n) is 3.15. The minimum atomic E-state index is -0.894. The summed E-state index contributed by atoms with van der Waals surface area (Å²) in [6.07, 6.45) is 2.74. The molecule has 82 valence electrons. The van der Waals surface area contributed by atoms with E-state index in [9.17, 15) is 8.96 Å². The molecule has 0 fully saturated rings. The summed E-state index contributed by atoms with van der Waals surface area (Å²) >= 11 is 0. The maximum absolute atomic E-state index is 12.1. The molecule has 0 atom stereocenters. The molecule has 0 saturated heterocycles. The van der Waals surface area contributed by atoms with Crippen LogP contribution in [0.15, 0.2) is 36.9 Å². The first kappa shape index (κ1) is 11.7. The topological polar surface area (TPSA) is 15.3 Å². The van der Waals surface area contributed by atoms with Gasteiger partial charge in [-0.3, -0.25) is 0 Å². The van der Waals surface area contributed by atoms with Gasteiger partial charge >= 0.3 is 0 Å². The fraction of sp³-hybridized carbons (Fsp3) is 0.273. The molecule has 0 aliphatic carbocycles. The number of halogens is 2. The molecular formula is C11H14F2N2. The van der Waals surface area contributed by atoms with Crippen LogP contribution in [0, 0.1) is 0 Å². The van der Waals surface area contributed by atoms with Crippen LogP contribution in [-0.4, -0.2) is 6.54 Å². The summed E-state index contributed by atoms with van der Waals surface area (Å²) in [6.45, 7) is 5.15. The highest BCUT2D eigenvalue weighted by atomic mass is 19.4. The molecule has 15 heavy (non-hydrogen) atoms. The van der Waals surface area contributed by atoms with Gasteiger partial charge in [-0.05, 0) is 36.0 Å². The van der Waals surface area contributed by atoms with Crippen molar-refractivity contribution in [3.63, 3.8) is 0 Å². The number of hydrogen-bond donors (Lipinski definition) is 1. The minimum Gasteiger partial charge on any atom is -0.312 e. The molecule has 0 aromatic heterocycles. The van der Waals surface area contributed by atoms with Gasteiger partial charge in [0.1, 0.15) is 5.69 Å². The highest BCUT2D eigenvalue weighted by Crippen LogP contribution is 2.15. The predicted molar refractivity (Wildman–Crippen MR) is 57.7 cm³/mol. The molecule has 1 aromatic rings. The zero-order chi connectivity index (χ0) is 11.1.